The number of carboxylic acid groups (broad SMARTS) is 1. The lowest BCUT2D eigenvalue weighted by Gasteiger charge is -2.24. The van der Waals surface area contributed by atoms with E-state index in [0.717, 1.165) is 0 Å². The van der Waals surface area contributed by atoms with Gasteiger partial charge in [0.1, 0.15) is 5.54 Å². The van der Waals surface area contributed by atoms with E-state index in [4.69, 9.17) is 15.6 Å². The molecule has 2 atom stereocenters. The molecular weight excluding hydrogens is 225 g/mol. The fourth-order valence-corrected chi connectivity index (χ4v) is 1.48. The van der Waals surface area contributed by atoms with Crippen LogP contribution in [-0.4, -0.2) is 22.7 Å². The van der Waals surface area contributed by atoms with E-state index < -0.39 is 23.4 Å². The first-order valence-electron chi connectivity index (χ1n) is 5.26. The zero-order valence-electron chi connectivity index (χ0n) is 9.81. The second-order valence-corrected chi connectivity index (χ2v) is 4.29. The van der Waals surface area contributed by atoms with Gasteiger partial charge >= 0.3 is 5.97 Å². The molecule has 0 bridgehead atoms. The quantitative estimate of drug-likeness (QED) is 0.824. The first-order valence-corrected chi connectivity index (χ1v) is 5.26. The minimum atomic E-state index is -1.38. The molecule has 5 heteroatoms. The highest BCUT2D eigenvalue weighted by Crippen LogP contribution is 2.20. The third-order valence-corrected chi connectivity index (χ3v) is 2.36. The number of halogens is 1. The molecular formula is C12H16FNO3. The van der Waals surface area contributed by atoms with Gasteiger partial charge < -0.3 is 15.6 Å². The van der Waals surface area contributed by atoms with Crippen molar-refractivity contribution in [1.82, 2.24) is 0 Å². The van der Waals surface area contributed by atoms with E-state index >= 15 is 0 Å². The van der Waals surface area contributed by atoms with Gasteiger partial charge in [0.05, 0.1) is 6.10 Å². The number of hydrogen-bond donors (Lipinski definition) is 2. The molecule has 3 N–H and O–H groups in total. The van der Waals surface area contributed by atoms with Gasteiger partial charge in [-0.25, -0.2) is 4.39 Å². The molecule has 0 aliphatic carbocycles. The number of ether oxygens (including phenoxy) is 1. The van der Waals surface area contributed by atoms with Crippen LogP contribution in [0.3, 0.4) is 0 Å². The van der Waals surface area contributed by atoms with Crippen LogP contribution in [0.5, 0.6) is 5.75 Å². The molecule has 1 aromatic rings. The zero-order chi connectivity index (χ0) is 13.1. The summed E-state index contributed by atoms with van der Waals surface area (Å²) in [5.41, 5.74) is 4.19. The van der Waals surface area contributed by atoms with Gasteiger partial charge in [-0.2, -0.15) is 0 Å². The number of aliphatic carboxylic acids is 1. The maximum atomic E-state index is 13.3. The monoisotopic (exact) mass is 241 g/mol. The van der Waals surface area contributed by atoms with Gasteiger partial charge in [0.25, 0.3) is 0 Å². The third kappa shape index (κ3) is 3.71. The molecule has 0 spiro atoms. The van der Waals surface area contributed by atoms with Gasteiger partial charge in [-0.05, 0) is 26.0 Å². The minimum absolute atomic E-state index is 0.0939. The van der Waals surface area contributed by atoms with Crippen molar-refractivity contribution >= 4 is 5.97 Å². The number of para-hydroxylation sites is 1. The van der Waals surface area contributed by atoms with Crippen LogP contribution in [0.2, 0.25) is 0 Å². The molecule has 0 aliphatic rings. The average Bonchev–Trinajstić information content (AvgIpc) is 2.20. The van der Waals surface area contributed by atoms with Crippen molar-refractivity contribution in [2.45, 2.75) is 31.9 Å². The molecule has 0 saturated carbocycles. The Labute approximate surface area is 99.2 Å². The van der Waals surface area contributed by atoms with Gasteiger partial charge in [0.2, 0.25) is 0 Å². The standard InChI is InChI=1S/C12H16FNO3/c1-8(7-12(2,14)11(15)16)17-10-6-4-3-5-9(10)13/h3-6,8H,7,14H2,1-2H3,(H,15,16). The molecule has 94 valence electrons. The molecule has 0 aromatic heterocycles. The SMILES string of the molecule is CC(CC(C)(N)C(=O)O)Oc1ccccc1F. The summed E-state index contributed by atoms with van der Waals surface area (Å²) in [5.74, 6) is -1.49. The van der Waals surface area contributed by atoms with E-state index in [2.05, 4.69) is 0 Å². The number of hydrogen-bond acceptors (Lipinski definition) is 3. The lowest BCUT2D eigenvalue weighted by molar-refractivity contribution is -0.143. The Morgan fingerprint density at radius 3 is 2.71 bits per heavy atom. The average molecular weight is 241 g/mol. The lowest BCUT2D eigenvalue weighted by atomic mass is 9.96. The second kappa shape index (κ2) is 5.14. The van der Waals surface area contributed by atoms with E-state index in [-0.39, 0.29) is 12.2 Å². The van der Waals surface area contributed by atoms with Gasteiger partial charge in [0.15, 0.2) is 11.6 Å². The normalized spacial score (nSPS) is 16.0. The summed E-state index contributed by atoms with van der Waals surface area (Å²) in [6.45, 7) is 3.05. The number of nitrogens with two attached hydrogens (primary N) is 1. The minimum Gasteiger partial charge on any atom is -0.488 e. The van der Waals surface area contributed by atoms with E-state index in [1.54, 1.807) is 19.1 Å². The maximum Gasteiger partial charge on any atom is 0.323 e. The molecule has 0 saturated heterocycles. The molecule has 0 aliphatic heterocycles. The molecule has 0 fully saturated rings. The van der Waals surface area contributed by atoms with Crippen molar-refractivity contribution in [2.24, 2.45) is 5.73 Å². The van der Waals surface area contributed by atoms with Crippen molar-refractivity contribution in [1.29, 1.82) is 0 Å². The van der Waals surface area contributed by atoms with Crippen LogP contribution < -0.4 is 10.5 Å². The number of carbonyl (C=O) groups is 1. The Kier molecular flexibility index (Phi) is 4.07. The number of benzene rings is 1. The molecule has 0 amide bonds. The Balaban J connectivity index is 2.65. The summed E-state index contributed by atoms with van der Waals surface area (Å²) >= 11 is 0. The van der Waals surface area contributed by atoms with Crippen molar-refractivity contribution in [2.75, 3.05) is 0 Å². The summed E-state index contributed by atoms with van der Waals surface area (Å²) in [7, 11) is 0. The molecule has 4 nitrogen and oxygen atoms in total. The van der Waals surface area contributed by atoms with Gasteiger partial charge in [-0.3, -0.25) is 4.79 Å². The van der Waals surface area contributed by atoms with E-state index in [9.17, 15) is 9.18 Å². The largest absolute Gasteiger partial charge is 0.488 e. The first-order chi connectivity index (χ1) is 7.83. The van der Waals surface area contributed by atoms with Crippen molar-refractivity contribution < 1.29 is 19.0 Å². The van der Waals surface area contributed by atoms with Crippen LogP contribution in [0, 0.1) is 5.82 Å². The highest BCUT2D eigenvalue weighted by atomic mass is 19.1. The van der Waals surface area contributed by atoms with Gasteiger partial charge in [0, 0.05) is 6.42 Å². The smallest absolute Gasteiger partial charge is 0.323 e. The Hall–Kier alpha value is -1.62. The topological polar surface area (TPSA) is 72.6 Å². The van der Waals surface area contributed by atoms with E-state index in [1.807, 2.05) is 0 Å². The highest BCUT2D eigenvalue weighted by Gasteiger charge is 2.30. The van der Waals surface area contributed by atoms with Crippen LogP contribution in [-0.2, 0) is 4.79 Å². The lowest BCUT2D eigenvalue weighted by Crippen LogP contribution is -2.47. The Bertz CT molecular complexity index is 406. The highest BCUT2D eigenvalue weighted by molar-refractivity contribution is 5.77. The summed E-state index contributed by atoms with van der Waals surface area (Å²) in [6.07, 6.45) is -0.394. The van der Waals surface area contributed by atoms with Crippen LogP contribution in [0.1, 0.15) is 20.3 Å². The summed E-state index contributed by atoms with van der Waals surface area (Å²) in [5, 5.41) is 8.86. The number of carboxylic acids is 1. The van der Waals surface area contributed by atoms with Crippen LogP contribution in [0.15, 0.2) is 24.3 Å². The fourth-order valence-electron chi connectivity index (χ4n) is 1.48. The van der Waals surface area contributed by atoms with Crippen LogP contribution >= 0.6 is 0 Å². The van der Waals surface area contributed by atoms with Gasteiger partial charge in [-0.1, -0.05) is 12.1 Å². The maximum absolute atomic E-state index is 13.3. The molecule has 1 rings (SSSR count). The van der Waals surface area contributed by atoms with E-state index in [1.165, 1.54) is 19.1 Å². The Morgan fingerprint density at radius 1 is 1.59 bits per heavy atom. The summed E-state index contributed by atoms with van der Waals surface area (Å²) in [4.78, 5) is 10.8. The third-order valence-electron chi connectivity index (χ3n) is 2.36. The summed E-state index contributed by atoms with van der Waals surface area (Å²) in [6, 6.07) is 5.96. The number of rotatable bonds is 5. The van der Waals surface area contributed by atoms with E-state index in [0.29, 0.717) is 0 Å². The molecule has 0 radical (unpaired) electrons. The molecule has 2 unspecified atom stereocenters. The first kappa shape index (κ1) is 13.4. The van der Waals surface area contributed by atoms with Crippen LogP contribution in [0.4, 0.5) is 4.39 Å². The molecule has 0 heterocycles. The van der Waals surface area contributed by atoms with Crippen LogP contribution in [0.25, 0.3) is 0 Å². The van der Waals surface area contributed by atoms with Crippen molar-refractivity contribution in [3.63, 3.8) is 0 Å². The predicted octanol–water partition coefficient (Wildman–Crippen LogP) is 1.79. The predicted molar refractivity (Wildman–Crippen MR) is 61.3 cm³/mol. The summed E-state index contributed by atoms with van der Waals surface area (Å²) < 4.78 is 18.6. The zero-order valence-corrected chi connectivity index (χ0v) is 9.81. The molecule has 17 heavy (non-hydrogen) atoms. The fraction of sp³-hybridized carbons (Fsp3) is 0.417. The van der Waals surface area contributed by atoms with Crippen molar-refractivity contribution in [3.8, 4) is 5.75 Å². The molecule has 1 aromatic carbocycles. The Morgan fingerprint density at radius 2 is 2.18 bits per heavy atom. The second-order valence-electron chi connectivity index (χ2n) is 4.29. The van der Waals surface area contributed by atoms with Gasteiger partial charge in [-0.15, -0.1) is 0 Å². The van der Waals surface area contributed by atoms with Crippen molar-refractivity contribution in [3.05, 3.63) is 30.1 Å².